The highest BCUT2D eigenvalue weighted by Crippen LogP contribution is 2.29. The van der Waals surface area contributed by atoms with Gasteiger partial charge in [0.1, 0.15) is 5.82 Å². The molecule has 0 fully saturated rings. The zero-order valence-corrected chi connectivity index (χ0v) is 12.0. The van der Waals surface area contributed by atoms with Gasteiger partial charge in [0, 0.05) is 18.0 Å². The molecular formula is C14H17FN2OS. The zero-order valence-electron chi connectivity index (χ0n) is 11.2. The molecular weight excluding hydrogens is 263 g/mol. The minimum absolute atomic E-state index is 0.326. The Morgan fingerprint density at radius 2 is 2.21 bits per heavy atom. The van der Waals surface area contributed by atoms with Crippen LogP contribution in [0.25, 0.3) is 0 Å². The first-order valence-corrected chi connectivity index (χ1v) is 6.95. The first-order valence-electron chi connectivity index (χ1n) is 6.07. The van der Waals surface area contributed by atoms with Crippen LogP contribution < -0.4 is 4.90 Å². The van der Waals surface area contributed by atoms with Gasteiger partial charge in [0.2, 0.25) is 0 Å². The molecule has 1 N–H and O–H groups in total. The molecule has 19 heavy (non-hydrogen) atoms. The summed E-state index contributed by atoms with van der Waals surface area (Å²) < 4.78 is 14.0. The molecule has 3 nitrogen and oxygen atoms in total. The van der Waals surface area contributed by atoms with E-state index in [0.717, 1.165) is 10.7 Å². The van der Waals surface area contributed by atoms with Crippen molar-refractivity contribution in [2.75, 3.05) is 11.9 Å². The van der Waals surface area contributed by atoms with Gasteiger partial charge in [-0.3, -0.25) is 0 Å². The highest BCUT2D eigenvalue weighted by molar-refractivity contribution is 7.09. The minimum Gasteiger partial charge on any atom is -0.389 e. The Morgan fingerprint density at radius 1 is 1.47 bits per heavy atom. The molecule has 0 aliphatic carbocycles. The zero-order chi connectivity index (χ0) is 14.0. The average Bonchev–Trinajstić information content (AvgIpc) is 2.74. The van der Waals surface area contributed by atoms with E-state index in [1.807, 2.05) is 12.3 Å². The van der Waals surface area contributed by atoms with Gasteiger partial charge in [0.15, 0.2) is 0 Å². The summed E-state index contributed by atoms with van der Waals surface area (Å²) in [4.78, 5) is 6.16. The molecule has 102 valence electrons. The summed E-state index contributed by atoms with van der Waals surface area (Å²) in [6, 6.07) is 4.76. The first-order chi connectivity index (χ1) is 8.99. The summed E-state index contributed by atoms with van der Waals surface area (Å²) in [5.74, 6) is -0.326. The Morgan fingerprint density at radius 3 is 2.79 bits per heavy atom. The van der Waals surface area contributed by atoms with Gasteiger partial charge in [-0.2, -0.15) is 0 Å². The van der Waals surface area contributed by atoms with Crippen molar-refractivity contribution in [2.24, 2.45) is 0 Å². The number of halogens is 1. The fourth-order valence-corrected chi connectivity index (χ4v) is 2.68. The lowest BCUT2D eigenvalue weighted by molar-refractivity contribution is 0.199. The molecule has 1 aromatic carbocycles. The topological polar surface area (TPSA) is 36.4 Å². The van der Waals surface area contributed by atoms with E-state index in [-0.39, 0.29) is 5.82 Å². The molecule has 2 rings (SSSR count). The van der Waals surface area contributed by atoms with Crippen molar-refractivity contribution in [3.05, 3.63) is 45.7 Å². The van der Waals surface area contributed by atoms with Crippen LogP contribution in [0.2, 0.25) is 0 Å². The van der Waals surface area contributed by atoms with Crippen LogP contribution in [-0.2, 0) is 6.54 Å². The van der Waals surface area contributed by atoms with Crippen LogP contribution >= 0.6 is 11.3 Å². The minimum atomic E-state index is -0.703. The molecule has 0 aliphatic heterocycles. The normalized spacial score (nSPS) is 12.5. The molecule has 0 unspecified atom stereocenters. The number of nitrogens with zero attached hydrogens (tertiary/aromatic N) is 2. The quantitative estimate of drug-likeness (QED) is 0.933. The summed E-state index contributed by atoms with van der Waals surface area (Å²) in [7, 11) is 1.80. The molecule has 1 atom stereocenters. The Balaban J connectivity index is 2.30. The van der Waals surface area contributed by atoms with E-state index < -0.39 is 6.10 Å². The van der Waals surface area contributed by atoms with Crippen molar-refractivity contribution >= 4 is 17.0 Å². The van der Waals surface area contributed by atoms with Crippen molar-refractivity contribution < 1.29 is 9.50 Å². The van der Waals surface area contributed by atoms with Crippen LogP contribution in [-0.4, -0.2) is 17.1 Å². The van der Waals surface area contributed by atoms with E-state index in [4.69, 9.17) is 0 Å². The van der Waals surface area contributed by atoms with Crippen molar-refractivity contribution in [1.82, 2.24) is 4.98 Å². The van der Waals surface area contributed by atoms with Crippen LogP contribution in [0.5, 0.6) is 0 Å². The van der Waals surface area contributed by atoms with Crippen molar-refractivity contribution in [2.45, 2.75) is 26.5 Å². The van der Waals surface area contributed by atoms with E-state index >= 15 is 0 Å². The number of thiazole rings is 1. The fraction of sp³-hybridized carbons (Fsp3) is 0.357. The van der Waals surface area contributed by atoms with Crippen LogP contribution in [0.15, 0.2) is 23.6 Å². The monoisotopic (exact) mass is 280 g/mol. The number of hydrogen-bond donors (Lipinski definition) is 1. The van der Waals surface area contributed by atoms with E-state index in [1.54, 1.807) is 42.3 Å². The second-order valence-electron chi connectivity index (χ2n) is 4.57. The Kier molecular flexibility index (Phi) is 4.17. The number of aryl methyl sites for hydroxylation is 1. The van der Waals surface area contributed by atoms with Gasteiger partial charge in [-0.25, -0.2) is 9.37 Å². The third-order valence-corrected chi connectivity index (χ3v) is 3.74. The van der Waals surface area contributed by atoms with Crippen LogP contribution in [0, 0.1) is 12.7 Å². The number of anilines is 1. The summed E-state index contributed by atoms with van der Waals surface area (Å²) in [5.41, 5.74) is 1.93. The number of aliphatic hydroxyl groups excluding tert-OH is 1. The molecule has 0 radical (unpaired) electrons. The summed E-state index contributed by atoms with van der Waals surface area (Å²) in [6.07, 6.45) is -0.703. The summed E-state index contributed by atoms with van der Waals surface area (Å²) >= 11 is 1.58. The predicted octanol–water partition coefficient (Wildman–Crippen LogP) is 3.28. The smallest absolute Gasteiger partial charge is 0.146 e. The number of rotatable bonds is 4. The lowest BCUT2D eigenvalue weighted by Crippen LogP contribution is -2.20. The Labute approximate surface area is 116 Å². The molecule has 0 amide bonds. The molecule has 0 bridgehead atoms. The highest BCUT2D eigenvalue weighted by Gasteiger charge is 2.17. The van der Waals surface area contributed by atoms with Crippen LogP contribution in [0.3, 0.4) is 0 Å². The number of aliphatic hydroxyl groups is 1. The van der Waals surface area contributed by atoms with Gasteiger partial charge in [0.05, 0.1) is 29.0 Å². The van der Waals surface area contributed by atoms with Gasteiger partial charge in [-0.15, -0.1) is 11.3 Å². The van der Waals surface area contributed by atoms with E-state index in [9.17, 15) is 9.50 Å². The Hall–Kier alpha value is -1.46. The molecule has 0 spiro atoms. The third-order valence-electron chi connectivity index (χ3n) is 2.92. The van der Waals surface area contributed by atoms with Crippen molar-refractivity contribution in [1.29, 1.82) is 0 Å². The second kappa shape index (κ2) is 5.67. The summed E-state index contributed by atoms with van der Waals surface area (Å²) in [6.45, 7) is 4.10. The van der Waals surface area contributed by atoms with E-state index in [1.165, 1.54) is 6.07 Å². The lowest BCUT2D eigenvalue weighted by atomic mass is 10.1. The molecule has 5 heteroatoms. The van der Waals surface area contributed by atoms with Crippen molar-refractivity contribution in [3.8, 4) is 0 Å². The second-order valence-corrected chi connectivity index (χ2v) is 5.63. The molecule has 0 saturated carbocycles. The highest BCUT2D eigenvalue weighted by atomic mass is 32.1. The largest absolute Gasteiger partial charge is 0.389 e. The molecule has 0 aliphatic rings. The van der Waals surface area contributed by atoms with Gasteiger partial charge in [0.25, 0.3) is 0 Å². The van der Waals surface area contributed by atoms with E-state index in [2.05, 4.69) is 4.98 Å². The molecule has 1 heterocycles. The SMILES string of the molecule is Cc1nc(CN(C)c2c(F)cccc2[C@@H](C)O)cs1. The number of benzene rings is 1. The third kappa shape index (κ3) is 3.11. The lowest BCUT2D eigenvalue weighted by Gasteiger charge is -2.23. The maximum absolute atomic E-state index is 14.0. The van der Waals surface area contributed by atoms with Crippen molar-refractivity contribution in [3.63, 3.8) is 0 Å². The maximum Gasteiger partial charge on any atom is 0.146 e. The number of hydrogen-bond acceptors (Lipinski definition) is 4. The number of para-hydroxylation sites is 1. The van der Waals surface area contributed by atoms with Crippen LogP contribution in [0.4, 0.5) is 10.1 Å². The molecule has 2 aromatic rings. The Bertz CT molecular complexity index is 568. The average molecular weight is 280 g/mol. The van der Waals surface area contributed by atoms with Crippen LogP contribution in [0.1, 0.15) is 29.3 Å². The molecule has 0 saturated heterocycles. The van der Waals surface area contributed by atoms with Gasteiger partial charge >= 0.3 is 0 Å². The van der Waals surface area contributed by atoms with Gasteiger partial charge in [-0.05, 0) is 19.9 Å². The fourth-order valence-electron chi connectivity index (χ4n) is 2.07. The predicted molar refractivity (Wildman–Crippen MR) is 76.0 cm³/mol. The van der Waals surface area contributed by atoms with Gasteiger partial charge in [-0.1, -0.05) is 12.1 Å². The van der Waals surface area contributed by atoms with Gasteiger partial charge < -0.3 is 10.0 Å². The maximum atomic E-state index is 14.0. The first kappa shape index (κ1) is 14.0. The summed E-state index contributed by atoms with van der Waals surface area (Å²) in [5, 5.41) is 12.7. The number of aromatic nitrogens is 1. The van der Waals surface area contributed by atoms with E-state index in [0.29, 0.717) is 17.8 Å². The standard InChI is InChI=1S/C14H17FN2OS/c1-9(18)12-5-4-6-13(15)14(12)17(3)7-11-8-19-10(2)16-11/h4-6,8-9,18H,7H2,1-3H3/t9-/m1/s1. The molecule has 1 aromatic heterocycles.